The van der Waals surface area contributed by atoms with E-state index in [1.54, 1.807) is 0 Å². The smallest absolute Gasteiger partial charge is 0.0894 e. The van der Waals surface area contributed by atoms with Gasteiger partial charge in [-0.2, -0.15) is 0 Å². The monoisotopic (exact) mass is 270 g/mol. The van der Waals surface area contributed by atoms with Gasteiger partial charge in [-0.25, -0.2) is 0 Å². The maximum absolute atomic E-state index is 11.5. The van der Waals surface area contributed by atoms with Gasteiger partial charge < -0.3 is 0 Å². The Balaban J connectivity index is 0. The molecule has 0 bridgehead atoms. The van der Waals surface area contributed by atoms with E-state index in [0.29, 0.717) is 0 Å². The van der Waals surface area contributed by atoms with Crippen molar-refractivity contribution in [3.05, 3.63) is 0 Å². The van der Waals surface area contributed by atoms with E-state index >= 15 is 0 Å². The van der Waals surface area contributed by atoms with Crippen LogP contribution in [0, 0.1) is 0 Å². The maximum atomic E-state index is 11.5. The van der Waals surface area contributed by atoms with Gasteiger partial charge in [0, 0.05) is 48.9 Å². The largest absolute Gasteiger partial charge is 0.251 e. The van der Waals surface area contributed by atoms with E-state index in [9.17, 15) is 4.39 Å². The quantitative estimate of drug-likeness (QED) is 0.514. The number of rotatable bonds is 6. The van der Waals surface area contributed by atoms with Crippen molar-refractivity contribution in [2.24, 2.45) is 0 Å². The van der Waals surface area contributed by atoms with E-state index in [1.807, 2.05) is 0 Å². The number of unbranched alkanes of at least 4 members (excludes halogenated alkanes) is 5. The molecule has 0 amide bonds. The molecule has 2 heteroatoms. The first kappa shape index (κ1) is 14.0. The molecular weight excluding hydrogens is 252 g/mol. The molecule has 0 atom stereocenters. The van der Waals surface area contributed by atoms with Crippen LogP contribution in [0.3, 0.4) is 0 Å². The van der Waals surface area contributed by atoms with Crippen LogP contribution >= 0.6 is 0 Å². The second-order valence-corrected chi connectivity index (χ2v) is 2.46. The van der Waals surface area contributed by atoms with Crippen LogP contribution in [0.15, 0.2) is 0 Å². The topological polar surface area (TPSA) is 0 Å². The van der Waals surface area contributed by atoms with Crippen molar-refractivity contribution < 1.29 is 4.39 Å². The minimum absolute atomic E-state index is 0. The summed E-state index contributed by atoms with van der Waals surface area (Å²) in [6.07, 6.45) is 6.94. The molecule has 0 heterocycles. The van der Waals surface area contributed by atoms with E-state index in [-0.39, 0.29) is 55.6 Å². The summed E-state index contributed by atoms with van der Waals surface area (Å²) in [7, 11) is 0. The van der Waals surface area contributed by atoms with Gasteiger partial charge in [-0.05, 0) is 6.42 Å². The van der Waals surface area contributed by atoms with Crippen molar-refractivity contribution in [1.82, 2.24) is 0 Å². The molecule has 10 heavy (non-hydrogen) atoms. The van der Waals surface area contributed by atoms with Crippen molar-refractivity contribution in [1.29, 1.82) is 0 Å². The van der Waals surface area contributed by atoms with Crippen molar-refractivity contribution in [3.63, 3.8) is 0 Å². The molecule has 0 aliphatic carbocycles. The Hall–Kier alpha value is 1.50. The third-order valence-corrected chi connectivity index (χ3v) is 1.49. The third-order valence-electron chi connectivity index (χ3n) is 1.49. The molecule has 0 N–H and O–H groups in total. The molecule has 0 aromatic carbocycles. The SMILES string of the molecule is CCCCCCCCF.[Ba]. The summed E-state index contributed by atoms with van der Waals surface area (Å²) in [5.41, 5.74) is 0. The minimum atomic E-state index is -0.133. The van der Waals surface area contributed by atoms with Gasteiger partial charge in [0.25, 0.3) is 0 Å². The van der Waals surface area contributed by atoms with Gasteiger partial charge in [0.2, 0.25) is 0 Å². The fourth-order valence-electron chi connectivity index (χ4n) is 0.875. The number of alkyl halides is 1. The molecule has 0 aromatic heterocycles. The van der Waals surface area contributed by atoms with Crippen molar-refractivity contribution in [2.45, 2.75) is 45.4 Å². The standard InChI is InChI=1S/C8H17F.Ba/c1-2-3-4-5-6-7-8-9;/h2-8H2,1H3;. The summed E-state index contributed by atoms with van der Waals surface area (Å²) in [6, 6.07) is 0. The van der Waals surface area contributed by atoms with Crippen LogP contribution in [-0.4, -0.2) is 55.6 Å². The van der Waals surface area contributed by atoms with Crippen LogP contribution in [0.2, 0.25) is 0 Å². The summed E-state index contributed by atoms with van der Waals surface area (Å²) in [5, 5.41) is 0. The molecule has 0 aromatic rings. The first-order valence-corrected chi connectivity index (χ1v) is 3.97. The Bertz CT molecular complexity index is 42.5. The van der Waals surface area contributed by atoms with Crippen LogP contribution < -0.4 is 0 Å². The second kappa shape index (κ2) is 13.1. The van der Waals surface area contributed by atoms with E-state index < -0.39 is 0 Å². The fourth-order valence-corrected chi connectivity index (χ4v) is 0.875. The molecule has 0 nitrogen and oxygen atoms in total. The van der Waals surface area contributed by atoms with Crippen molar-refractivity contribution in [2.75, 3.05) is 6.67 Å². The Labute approximate surface area is 104 Å². The van der Waals surface area contributed by atoms with Crippen LogP contribution in [0.5, 0.6) is 0 Å². The minimum Gasteiger partial charge on any atom is -0.251 e. The van der Waals surface area contributed by atoms with Gasteiger partial charge in [0.15, 0.2) is 0 Å². The molecule has 0 aliphatic rings. The Morgan fingerprint density at radius 3 is 1.90 bits per heavy atom. The number of hydrogen-bond acceptors (Lipinski definition) is 0. The van der Waals surface area contributed by atoms with Gasteiger partial charge in [-0.1, -0.05) is 39.0 Å². The van der Waals surface area contributed by atoms with E-state index in [1.165, 1.54) is 25.7 Å². The Morgan fingerprint density at radius 2 is 1.40 bits per heavy atom. The summed E-state index contributed by atoms with van der Waals surface area (Å²) < 4.78 is 11.5. The zero-order valence-corrected chi connectivity index (χ0v) is 11.5. The molecule has 0 saturated carbocycles. The number of halogens is 1. The zero-order valence-electron chi connectivity index (χ0n) is 7.03. The molecule has 0 saturated heterocycles. The Kier molecular flexibility index (Phi) is 18.4. The molecular formula is C8H17BaF. The van der Waals surface area contributed by atoms with Crippen LogP contribution in [0.25, 0.3) is 0 Å². The predicted octanol–water partition coefficient (Wildman–Crippen LogP) is 2.94. The van der Waals surface area contributed by atoms with E-state index in [2.05, 4.69) is 6.92 Å². The summed E-state index contributed by atoms with van der Waals surface area (Å²) in [4.78, 5) is 0. The van der Waals surface area contributed by atoms with E-state index in [4.69, 9.17) is 0 Å². The van der Waals surface area contributed by atoms with Crippen molar-refractivity contribution >= 4 is 48.9 Å². The maximum Gasteiger partial charge on any atom is 0.0894 e. The first-order chi connectivity index (χ1) is 4.41. The molecule has 58 valence electrons. The normalized spacial score (nSPS) is 9.00. The zero-order chi connectivity index (χ0) is 6.95. The average Bonchev–Trinajstić information content (AvgIpc) is 1.89. The van der Waals surface area contributed by atoms with E-state index in [0.717, 1.165) is 12.8 Å². The molecule has 0 fully saturated rings. The molecule has 0 aliphatic heterocycles. The second-order valence-electron chi connectivity index (χ2n) is 2.46. The first-order valence-electron chi connectivity index (χ1n) is 3.97. The van der Waals surface area contributed by atoms with Crippen LogP contribution in [-0.2, 0) is 0 Å². The molecule has 2 radical (unpaired) electrons. The summed E-state index contributed by atoms with van der Waals surface area (Å²) in [6.45, 7) is 2.06. The van der Waals surface area contributed by atoms with Gasteiger partial charge in [-0.15, -0.1) is 0 Å². The van der Waals surface area contributed by atoms with Gasteiger partial charge in [0.05, 0.1) is 6.67 Å². The van der Waals surface area contributed by atoms with Gasteiger partial charge in [0.1, 0.15) is 0 Å². The van der Waals surface area contributed by atoms with Crippen molar-refractivity contribution in [3.8, 4) is 0 Å². The molecule has 0 rings (SSSR count). The summed E-state index contributed by atoms with van der Waals surface area (Å²) >= 11 is 0. The average molecular weight is 270 g/mol. The molecule has 0 spiro atoms. The summed E-state index contributed by atoms with van der Waals surface area (Å²) in [5.74, 6) is 0. The number of hydrogen-bond donors (Lipinski definition) is 0. The van der Waals surface area contributed by atoms with Crippen LogP contribution in [0.1, 0.15) is 45.4 Å². The van der Waals surface area contributed by atoms with Crippen LogP contribution in [0.4, 0.5) is 4.39 Å². The van der Waals surface area contributed by atoms with Gasteiger partial charge >= 0.3 is 0 Å². The Morgan fingerprint density at radius 1 is 0.900 bits per heavy atom. The third kappa shape index (κ3) is 12.2. The predicted molar refractivity (Wildman–Crippen MR) is 45.1 cm³/mol. The van der Waals surface area contributed by atoms with Gasteiger partial charge in [-0.3, -0.25) is 4.39 Å². The fraction of sp³-hybridized carbons (Fsp3) is 1.00. The molecule has 0 unspecified atom stereocenters.